The monoisotopic (exact) mass is 266 g/mol. The zero-order chi connectivity index (χ0) is 13.1. The molecule has 1 heterocycles. The molecule has 0 unspecified atom stereocenters. The first-order chi connectivity index (χ1) is 8.56. The molecule has 0 aliphatic carbocycles. The Morgan fingerprint density at radius 3 is 2.61 bits per heavy atom. The number of hydrogen-bond acceptors (Lipinski definition) is 3. The van der Waals surface area contributed by atoms with E-state index in [2.05, 4.69) is 10.4 Å². The van der Waals surface area contributed by atoms with Gasteiger partial charge in [-0.15, -0.1) is 0 Å². The number of nitrogens with one attached hydrogen (secondary N) is 1. The Morgan fingerprint density at radius 2 is 2.06 bits per heavy atom. The average molecular weight is 267 g/mol. The van der Waals surface area contributed by atoms with Gasteiger partial charge in [-0.1, -0.05) is 11.6 Å². The number of rotatable bonds is 3. The molecule has 94 valence electrons. The molecular weight excluding hydrogens is 256 g/mol. The highest BCUT2D eigenvalue weighted by Gasteiger charge is 2.07. The van der Waals surface area contributed by atoms with Gasteiger partial charge in [0.2, 0.25) is 5.91 Å². The summed E-state index contributed by atoms with van der Waals surface area (Å²) in [5, 5.41) is 7.04. The van der Waals surface area contributed by atoms with Gasteiger partial charge in [0, 0.05) is 17.8 Å². The number of aryl methyl sites for hydroxylation is 1. The minimum absolute atomic E-state index is 0.123. The van der Waals surface area contributed by atoms with Crippen molar-refractivity contribution in [2.75, 3.05) is 5.32 Å². The van der Waals surface area contributed by atoms with Gasteiger partial charge in [0.1, 0.15) is 12.9 Å². The predicted octanol–water partition coefficient (Wildman–Crippen LogP) is 0.874. The highest BCUT2D eigenvalue weighted by atomic mass is 35.5. The number of amides is 1. The maximum absolute atomic E-state index is 11.7. The van der Waals surface area contributed by atoms with Gasteiger partial charge in [-0.05, 0) is 24.3 Å². The van der Waals surface area contributed by atoms with Crippen molar-refractivity contribution in [2.24, 2.45) is 7.05 Å². The lowest BCUT2D eigenvalue weighted by Crippen LogP contribution is -2.29. The van der Waals surface area contributed by atoms with Crippen molar-refractivity contribution in [3.63, 3.8) is 0 Å². The normalized spacial score (nSPS) is 10.3. The molecule has 0 aliphatic heterocycles. The molecule has 0 bridgehead atoms. The summed E-state index contributed by atoms with van der Waals surface area (Å²) in [5.74, 6) is -0.321. The van der Waals surface area contributed by atoms with Crippen molar-refractivity contribution in [2.45, 2.75) is 6.54 Å². The van der Waals surface area contributed by atoms with E-state index in [0.717, 1.165) is 4.68 Å². The number of halogens is 1. The fourth-order valence-corrected chi connectivity index (χ4v) is 1.52. The highest BCUT2D eigenvalue weighted by molar-refractivity contribution is 6.30. The van der Waals surface area contributed by atoms with Gasteiger partial charge in [0.05, 0.1) is 0 Å². The van der Waals surface area contributed by atoms with E-state index in [1.54, 1.807) is 31.3 Å². The second kappa shape index (κ2) is 5.05. The van der Waals surface area contributed by atoms with Crippen LogP contribution in [-0.4, -0.2) is 20.3 Å². The van der Waals surface area contributed by atoms with Crippen molar-refractivity contribution >= 4 is 23.2 Å². The molecule has 7 heteroatoms. The molecule has 0 fully saturated rings. The third kappa shape index (κ3) is 2.78. The minimum atomic E-state index is -0.332. The van der Waals surface area contributed by atoms with Crippen LogP contribution in [0.4, 0.5) is 5.69 Å². The zero-order valence-electron chi connectivity index (χ0n) is 9.63. The van der Waals surface area contributed by atoms with Crippen molar-refractivity contribution in [3.05, 3.63) is 46.1 Å². The van der Waals surface area contributed by atoms with E-state index in [1.807, 2.05) is 0 Å². The van der Waals surface area contributed by atoms with E-state index in [-0.39, 0.29) is 18.1 Å². The number of benzene rings is 1. The largest absolute Gasteiger partial charge is 0.345 e. The summed E-state index contributed by atoms with van der Waals surface area (Å²) < 4.78 is 2.39. The molecule has 2 aromatic rings. The van der Waals surface area contributed by atoms with Gasteiger partial charge < -0.3 is 5.32 Å². The minimum Gasteiger partial charge on any atom is -0.324 e. The summed E-state index contributed by atoms with van der Waals surface area (Å²) in [4.78, 5) is 23.1. The third-order valence-corrected chi connectivity index (χ3v) is 2.56. The lowest BCUT2D eigenvalue weighted by Gasteiger charge is -2.04. The van der Waals surface area contributed by atoms with Gasteiger partial charge >= 0.3 is 5.69 Å². The van der Waals surface area contributed by atoms with E-state index in [4.69, 9.17) is 11.6 Å². The fourth-order valence-electron chi connectivity index (χ4n) is 1.40. The van der Waals surface area contributed by atoms with Crippen LogP contribution in [0.25, 0.3) is 0 Å². The summed E-state index contributed by atoms with van der Waals surface area (Å²) in [5.41, 5.74) is 0.287. The maximum Gasteiger partial charge on any atom is 0.345 e. The molecule has 2 rings (SSSR count). The molecule has 0 radical (unpaired) electrons. The van der Waals surface area contributed by atoms with E-state index >= 15 is 0 Å². The Balaban J connectivity index is 2.03. The highest BCUT2D eigenvalue weighted by Crippen LogP contribution is 2.13. The number of anilines is 1. The van der Waals surface area contributed by atoms with Crippen LogP contribution in [-0.2, 0) is 18.4 Å². The van der Waals surface area contributed by atoms with Crippen LogP contribution in [0.3, 0.4) is 0 Å². The van der Waals surface area contributed by atoms with Gasteiger partial charge in [-0.25, -0.2) is 9.48 Å². The van der Waals surface area contributed by atoms with Crippen LogP contribution in [0.1, 0.15) is 0 Å². The Kier molecular flexibility index (Phi) is 3.47. The molecule has 0 saturated heterocycles. The number of aromatic nitrogens is 3. The zero-order valence-corrected chi connectivity index (χ0v) is 10.4. The quantitative estimate of drug-likeness (QED) is 0.896. The van der Waals surface area contributed by atoms with Crippen LogP contribution >= 0.6 is 11.6 Å². The Bertz CT molecular complexity index is 615. The molecule has 0 atom stereocenters. The number of carbonyl (C=O) groups excluding carboxylic acids is 1. The number of hydrogen-bond donors (Lipinski definition) is 1. The Hall–Kier alpha value is -2.08. The topological polar surface area (TPSA) is 68.9 Å². The Morgan fingerprint density at radius 1 is 1.39 bits per heavy atom. The van der Waals surface area contributed by atoms with Crippen LogP contribution in [0.5, 0.6) is 0 Å². The Labute approximate surface area is 108 Å². The average Bonchev–Trinajstić information content (AvgIpc) is 2.64. The van der Waals surface area contributed by atoms with Crippen molar-refractivity contribution < 1.29 is 4.79 Å². The van der Waals surface area contributed by atoms with Crippen LogP contribution < -0.4 is 11.0 Å². The SMILES string of the molecule is Cn1cnn(CC(=O)Nc2ccc(Cl)cc2)c1=O. The predicted molar refractivity (Wildman–Crippen MR) is 67.5 cm³/mol. The second-order valence-corrected chi connectivity index (χ2v) is 4.17. The van der Waals surface area contributed by atoms with Gasteiger partial charge in [-0.2, -0.15) is 5.10 Å². The molecule has 1 amide bonds. The van der Waals surface area contributed by atoms with Crippen LogP contribution in [0.15, 0.2) is 35.4 Å². The fraction of sp³-hybridized carbons (Fsp3) is 0.182. The molecule has 0 spiro atoms. The smallest absolute Gasteiger partial charge is 0.324 e. The number of carbonyl (C=O) groups is 1. The summed E-state index contributed by atoms with van der Waals surface area (Å²) >= 11 is 5.73. The van der Waals surface area contributed by atoms with E-state index in [0.29, 0.717) is 10.7 Å². The summed E-state index contributed by atoms with van der Waals surface area (Å²) in [6, 6.07) is 6.71. The summed E-state index contributed by atoms with van der Waals surface area (Å²) in [7, 11) is 1.57. The molecule has 6 nitrogen and oxygen atoms in total. The van der Waals surface area contributed by atoms with E-state index in [1.165, 1.54) is 10.9 Å². The molecule has 1 N–H and O–H groups in total. The molecule has 1 aromatic heterocycles. The lowest BCUT2D eigenvalue weighted by molar-refractivity contribution is -0.117. The first-order valence-electron chi connectivity index (χ1n) is 5.20. The second-order valence-electron chi connectivity index (χ2n) is 3.74. The molecular formula is C11H11ClN4O2. The van der Waals surface area contributed by atoms with Crippen LogP contribution in [0.2, 0.25) is 5.02 Å². The first-order valence-corrected chi connectivity index (χ1v) is 5.58. The molecule has 0 aliphatic rings. The molecule has 1 aromatic carbocycles. The van der Waals surface area contributed by atoms with Crippen molar-refractivity contribution in [1.82, 2.24) is 14.3 Å². The van der Waals surface area contributed by atoms with E-state index in [9.17, 15) is 9.59 Å². The molecule has 0 saturated carbocycles. The van der Waals surface area contributed by atoms with Gasteiger partial charge in [0.25, 0.3) is 0 Å². The van der Waals surface area contributed by atoms with Gasteiger partial charge in [0.15, 0.2) is 0 Å². The van der Waals surface area contributed by atoms with Gasteiger partial charge in [-0.3, -0.25) is 9.36 Å². The van der Waals surface area contributed by atoms with Crippen LogP contribution in [0, 0.1) is 0 Å². The van der Waals surface area contributed by atoms with Crippen molar-refractivity contribution in [3.8, 4) is 0 Å². The lowest BCUT2D eigenvalue weighted by atomic mass is 10.3. The maximum atomic E-state index is 11.7. The summed E-state index contributed by atoms with van der Waals surface area (Å²) in [6.07, 6.45) is 1.36. The standard InChI is InChI=1S/C11H11ClN4O2/c1-15-7-13-16(11(15)18)6-10(17)14-9-4-2-8(12)3-5-9/h2-5,7H,6H2,1H3,(H,14,17). The summed E-state index contributed by atoms with van der Waals surface area (Å²) in [6.45, 7) is -0.123. The molecule has 18 heavy (non-hydrogen) atoms. The number of nitrogens with zero attached hydrogens (tertiary/aromatic N) is 3. The van der Waals surface area contributed by atoms with E-state index < -0.39 is 0 Å². The first kappa shape index (κ1) is 12.4. The third-order valence-electron chi connectivity index (χ3n) is 2.31. The van der Waals surface area contributed by atoms with Crippen molar-refractivity contribution in [1.29, 1.82) is 0 Å².